The highest BCUT2D eigenvalue weighted by Gasteiger charge is 2.67. The minimum absolute atomic E-state index is 0.110. The molecule has 22 heterocycles. The molecule has 146 heavy (non-hydrogen) atoms. The van der Waals surface area contributed by atoms with E-state index in [9.17, 15) is 70.1 Å². The smallest absolute Gasteiger partial charge is 0.357 e. The van der Waals surface area contributed by atoms with Gasteiger partial charge in [-0.25, -0.2) is 81.6 Å². The van der Waals surface area contributed by atoms with Gasteiger partial charge in [0.05, 0.1) is 58.3 Å². The summed E-state index contributed by atoms with van der Waals surface area (Å²) in [7, 11) is -49.0. The van der Waals surface area contributed by atoms with Crippen molar-refractivity contribution < 1.29 is 195 Å². The van der Waals surface area contributed by atoms with E-state index in [1.165, 1.54) is 72.4 Å². The highest BCUT2D eigenvalue weighted by molar-refractivity contribution is 7.91. The number of aromatic amines is 1. The van der Waals surface area contributed by atoms with E-state index in [2.05, 4.69) is 79.1 Å². The number of nitrogen functional groups attached to an aromatic ring is 5. The van der Waals surface area contributed by atoms with Gasteiger partial charge in [0.1, 0.15) is 139 Å². The second kappa shape index (κ2) is 37.6. The van der Waals surface area contributed by atoms with Crippen molar-refractivity contribution in [2.24, 2.45) is 0 Å². The lowest BCUT2D eigenvalue weighted by Crippen LogP contribution is -2.47. The van der Waals surface area contributed by atoms with Gasteiger partial charge < -0.3 is 162 Å². The monoisotopic (exact) mass is 2250 g/mol. The van der Waals surface area contributed by atoms with Gasteiger partial charge in [0.15, 0.2) is 141 Å². The first-order valence-corrected chi connectivity index (χ1v) is 61.5. The number of H-pyrrole nitrogens is 1. The Bertz CT molecular complexity index is 6940. The lowest BCUT2D eigenvalue weighted by Gasteiger charge is -2.39. The van der Waals surface area contributed by atoms with Gasteiger partial charge in [0, 0.05) is 0 Å². The summed E-state index contributed by atoms with van der Waals surface area (Å²) in [5.41, 5.74) is 33.2. The van der Waals surface area contributed by atoms with Crippen LogP contribution in [0.5, 0.6) is 0 Å². The van der Waals surface area contributed by atoms with Crippen molar-refractivity contribution in [3.8, 4) is 0 Å². The molecule has 12 fully saturated rings. The zero-order valence-corrected chi connectivity index (χ0v) is 86.7. The van der Waals surface area contributed by atoms with E-state index in [4.69, 9.17) is 145 Å². The van der Waals surface area contributed by atoms with Gasteiger partial charge in [-0.05, 0) is 69.2 Å². The second-order valence-corrected chi connectivity index (χ2v) is 59.6. The van der Waals surface area contributed by atoms with E-state index in [0.717, 1.165) is 0 Å². The van der Waals surface area contributed by atoms with Crippen molar-refractivity contribution in [3.63, 3.8) is 0 Å². The third-order valence-corrected chi connectivity index (χ3v) is 48.9. The van der Waals surface area contributed by atoms with Gasteiger partial charge in [-0.15, -0.1) is 0 Å². The van der Waals surface area contributed by atoms with Crippen LogP contribution in [-0.2, 0) is 157 Å². The lowest BCUT2D eigenvalue weighted by molar-refractivity contribution is -0.748. The predicted molar refractivity (Wildman–Crippen MR) is 486 cm³/mol. The van der Waals surface area contributed by atoms with Gasteiger partial charge in [-0.2, -0.15) is 0 Å². The number of nitrogens with two attached hydrogens (primary N) is 5. The summed E-state index contributed by atoms with van der Waals surface area (Å²) in [6.07, 6.45) is -3.36. The Morgan fingerprint density at radius 2 is 0.664 bits per heavy atom. The van der Waals surface area contributed by atoms with Crippen molar-refractivity contribution in [3.05, 3.63) is 63.3 Å². The van der Waals surface area contributed by atoms with Crippen molar-refractivity contribution in [2.45, 2.75) is 221 Å². The number of fused-ring (bicyclic) bond motifs is 12. The largest absolute Gasteiger partial charge is 0.382 e. The Labute approximate surface area is 820 Å². The van der Waals surface area contributed by atoms with E-state index in [1.54, 1.807) is 82.9 Å². The van der Waals surface area contributed by atoms with Crippen LogP contribution < -0.4 is 33.2 Å². The topological polar surface area (TPSA) is 884 Å². The normalized spacial score (nSPS) is 35.8. The molecule has 0 aromatic carbocycles. The van der Waals surface area contributed by atoms with E-state index >= 15 is 0 Å². The van der Waals surface area contributed by atoms with E-state index in [1.807, 2.05) is 0 Å². The average molecular weight is 2260 g/mol. The molecule has 29 atom stereocenters. The molecule has 22 rings (SSSR count). The molecule has 0 amide bonds. The van der Waals surface area contributed by atoms with Gasteiger partial charge in [-0.1, -0.05) is 9.97 Å². The summed E-state index contributed by atoms with van der Waals surface area (Å²) in [6.45, 7) is 14.1. The zero-order chi connectivity index (χ0) is 104. The Kier molecular flexibility index (Phi) is 27.3. The number of hydrogen-bond acceptors (Lipinski definition) is 53. The minimum atomic E-state index is -5.50. The molecule has 19 unspecified atom stereocenters. The number of rotatable bonds is 28. The van der Waals surface area contributed by atoms with Crippen molar-refractivity contribution in [1.29, 1.82) is 0 Å². The van der Waals surface area contributed by atoms with Crippen LogP contribution in [0.2, 0.25) is 0 Å². The number of anilines is 5. The summed E-state index contributed by atoms with van der Waals surface area (Å²) < 4.78 is 277. The molecule has 2 bridgehead atoms. The minimum Gasteiger partial charge on any atom is -0.382 e. The SMILES string of the molecule is CC1(C)OC2C(O1)[C@@H](COP(=O)(O)CP(=O)(O)O)O[C@H]2[n+]1cnc(N)c2[nH]cnc21.CC1(C)OC2C(O1)[C@@H](COP(=O)(O)CP(=O)(O)OP(=O)(O)CP(=O)(O)OC[C@H]1O[C@@H](n3cnc4c(N)ncnc43)C3OC(C)(C)OC31)O[C@H]2n1cnc2c(N)ncnc21.CC1(C)OC2C(O1)[C@@H](COP1(=O)CP3(=O)OP(=O)(OC[C@H]4O[C@@H](n5cnc6c(N)ncnc65)C5OC(C)(C)OC54)CP(=O)(O1)O3)O[C@H]2n1cnc2c(N)ncnc21. The quantitative estimate of drug-likeness (QED) is 0.0238. The van der Waals surface area contributed by atoms with Crippen LogP contribution in [0.25, 0.3) is 55.8 Å². The molecular formula is C70H98N25O41P10+. The van der Waals surface area contributed by atoms with Crippen molar-refractivity contribution in [2.75, 3.05) is 91.2 Å². The first-order chi connectivity index (χ1) is 68.1. The Morgan fingerprint density at radius 3 is 0.993 bits per heavy atom. The van der Waals surface area contributed by atoms with Crippen LogP contribution in [0.4, 0.5) is 29.1 Å². The number of nitrogens with one attached hydrogen (secondary N) is 1. The standard InChI is InChI=1S/C28H40N10O17P4.C28H36N10O15P4.C14H21N5O9P2/c1-27(2)51-17-13(49-25(19(17)53-27)37-9-35-15-21(29)31-7-33-23(15)37)5-47-56(39,40)11-58(43,44)55-59(45,46)12-57(41,42)48-6-14-18-20(54-28(3,4)52-18)26(50-14)38-10-36-16-22(30)32-8-34-24(16)38;1-27(2)47-17-13(45-25(19(17)49-27)37-9-35-15-21(29)31-7-33-23(15)37)5-43-54(39)11-56(41)52-55(40,12-57(42,51-54)53-56)44-6-14-18-20(50-28(3,4)48-18)26(46-14)38-10-36-16-22(30)32-8-34-24(16)38;1-14(2)27-9-7(3-25-30(23,24)6-29(20,21)22)26-13(10(9)28-14)19-5-18-11(15)8-12(19)17-4-16-8/h7-10,13-14,17-20,25-26H,5-6,11-12H2,1-4H3,(H,39,40)(H,41,42)(H,43,44)(H,45,46)(H2,29,31,33)(H2,30,32,34);7-10,13-14,17-20,25-26H,5-6,11-12H2,1-4H3,(H2,29,31,33)(H2,30,32,34);4-5,7,9-10,13H,3,6H2,1-2H3,(H5,15,16,17,20,21,22,23,24)/p+1/t13-,14-,17?,18?,19?,20?,25-,26-;13-,14-,17?,18?,19?,20?,25-,26-,54?,55?,56?,57?;7-,9?,10?,13-/m111/s1. The molecule has 798 valence electrons. The molecule has 0 saturated carbocycles. The predicted octanol–water partition coefficient (Wildman–Crippen LogP) is 4.42. The molecule has 12 saturated heterocycles. The fourth-order valence-electron chi connectivity index (χ4n) is 18.7. The summed E-state index contributed by atoms with van der Waals surface area (Å²) in [6, 6.07) is 0. The van der Waals surface area contributed by atoms with Crippen LogP contribution in [0, 0.1) is 0 Å². The van der Waals surface area contributed by atoms with Crippen LogP contribution in [-0.4, -0.2) is 310 Å². The highest BCUT2D eigenvalue weighted by Crippen LogP contribution is 2.91. The number of ether oxygens (including phenoxy) is 15. The molecule has 18 N–H and O–H groups in total. The molecule has 10 aromatic heterocycles. The molecule has 66 nitrogen and oxygen atoms in total. The Hall–Kier alpha value is -7.19. The lowest BCUT2D eigenvalue weighted by atomic mass is 10.1. The second-order valence-electron chi connectivity index (χ2n) is 37.4. The van der Waals surface area contributed by atoms with Gasteiger partial charge in [0.25, 0.3) is 5.65 Å². The summed E-state index contributed by atoms with van der Waals surface area (Å²) in [5.74, 6) is -11.2. The summed E-state index contributed by atoms with van der Waals surface area (Å²) in [5, 5.41) is 0. The highest BCUT2D eigenvalue weighted by atomic mass is 31.3. The maximum absolute atomic E-state index is 14.1. The maximum Gasteiger partial charge on any atom is 0.357 e. The number of nitrogens with zero attached hydrogens (tertiary/aromatic N) is 19. The molecule has 12 aliphatic heterocycles. The van der Waals surface area contributed by atoms with Gasteiger partial charge in [-0.3, -0.25) is 63.9 Å². The Balaban J connectivity index is 0.000000140. The fourth-order valence-corrected chi connectivity index (χ4v) is 43.8. The molecule has 76 heteroatoms. The summed E-state index contributed by atoms with van der Waals surface area (Å²) >= 11 is 0. The van der Waals surface area contributed by atoms with E-state index in [0.29, 0.717) is 44.8 Å². The molecule has 12 aliphatic rings. The van der Waals surface area contributed by atoms with Crippen LogP contribution in [0.1, 0.15) is 100 Å². The zero-order valence-electron chi connectivity index (χ0n) is 77.8. The average Bonchev–Trinajstić information content (AvgIpc) is 0.906. The molecule has 0 spiro atoms. The molecule has 10 aromatic rings. The van der Waals surface area contributed by atoms with Gasteiger partial charge in [0.2, 0.25) is 18.4 Å². The fraction of sp³-hybridized carbons (Fsp3) is 0.643. The first-order valence-electron chi connectivity index (χ1n) is 43.9. The number of aromatic nitrogens is 20. The third-order valence-electron chi connectivity index (χ3n) is 24.0. The van der Waals surface area contributed by atoms with Crippen LogP contribution in [0.15, 0.2) is 63.3 Å². The maximum atomic E-state index is 14.1. The number of imidazole rings is 5. The van der Waals surface area contributed by atoms with E-state index < -0.39 is 290 Å². The van der Waals surface area contributed by atoms with Crippen LogP contribution >= 0.6 is 76.0 Å². The van der Waals surface area contributed by atoms with Gasteiger partial charge >= 0.3 is 76.0 Å². The molecule has 0 aliphatic carbocycles. The van der Waals surface area contributed by atoms with Crippen LogP contribution in [0.3, 0.4) is 0 Å². The molecular weight excluding hydrogens is 2160 g/mol. The van der Waals surface area contributed by atoms with E-state index in [-0.39, 0.29) is 40.1 Å². The van der Waals surface area contributed by atoms with Crippen molar-refractivity contribution in [1.82, 2.24) is 93.0 Å². The third kappa shape index (κ3) is 21.6. The molecule has 0 radical (unpaired) electrons. The first kappa shape index (κ1) is 106. The summed E-state index contributed by atoms with van der Waals surface area (Å²) in [4.78, 5) is 131. The van der Waals surface area contributed by atoms with Crippen molar-refractivity contribution >= 4 is 161 Å². The Morgan fingerprint density at radius 1 is 0.370 bits per heavy atom. The number of hydrogen-bond donors (Lipinski definition) is 13.